The molecule has 0 aromatic carbocycles. The molecule has 1 saturated carbocycles. The highest BCUT2D eigenvalue weighted by atomic mass is 32.1. The summed E-state index contributed by atoms with van der Waals surface area (Å²) in [6.07, 6.45) is 7.93. The lowest BCUT2D eigenvalue weighted by molar-refractivity contribution is -0.00870. The molecule has 2 heterocycles. The molecule has 108 valence electrons. The second kappa shape index (κ2) is 5.11. The fourth-order valence-corrected chi connectivity index (χ4v) is 4.88. The van der Waals surface area contributed by atoms with E-state index in [0.717, 1.165) is 41.7 Å². The van der Waals surface area contributed by atoms with E-state index < -0.39 is 0 Å². The maximum atomic E-state index is 12.0. The van der Waals surface area contributed by atoms with Crippen molar-refractivity contribution < 1.29 is 9.53 Å². The number of carbonyl (C=O) groups excluding carboxylic acids is 1. The predicted octanol–water partition coefficient (Wildman–Crippen LogP) is 2.81. The summed E-state index contributed by atoms with van der Waals surface area (Å²) in [6, 6.07) is 0.472. The van der Waals surface area contributed by atoms with Crippen molar-refractivity contribution in [1.82, 2.24) is 4.98 Å². The molecule has 0 N–H and O–H groups in total. The van der Waals surface area contributed by atoms with Gasteiger partial charge in [-0.2, -0.15) is 0 Å². The van der Waals surface area contributed by atoms with Crippen molar-refractivity contribution in [2.75, 3.05) is 18.1 Å². The molecule has 1 aromatic heterocycles. The number of rotatable bonds is 1. The molecule has 2 unspecified atom stereocenters. The zero-order valence-corrected chi connectivity index (χ0v) is 12.5. The third-order valence-corrected chi connectivity index (χ3v) is 5.91. The smallest absolute Gasteiger partial charge is 0.186 e. The Morgan fingerprint density at radius 2 is 2.10 bits per heavy atom. The maximum absolute atomic E-state index is 12.0. The monoisotopic (exact) mass is 292 g/mol. The molecule has 4 nitrogen and oxygen atoms in total. The van der Waals surface area contributed by atoms with Gasteiger partial charge in [-0.25, -0.2) is 4.98 Å². The Labute approximate surface area is 123 Å². The van der Waals surface area contributed by atoms with Gasteiger partial charge in [0.1, 0.15) is 0 Å². The Balaban J connectivity index is 1.64. The fourth-order valence-electron chi connectivity index (χ4n) is 3.71. The number of nitrogens with zero attached hydrogens (tertiary/aromatic N) is 2. The highest BCUT2D eigenvalue weighted by Crippen LogP contribution is 2.37. The van der Waals surface area contributed by atoms with Gasteiger partial charge < -0.3 is 9.64 Å². The summed E-state index contributed by atoms with van der Waals surface area (Å²) in [5.41, 5.74) is 1.04. The van der Waals surface area contributed by atoms with E-state index in [-0.39, 0.29) is 0 Å². The van der Waals surface area contributed by atoms with Crippen LogP contribution in [0, 0.1) is 0 Å². The van der Waals surface area contributed by atoms with E-state index in [0.29, 0.717) is 24.3 Å². The van der Waals surface area contributed by atoms with E-state index in [1.54, 1.807) is 11.3 Å². The van der Waals surface area contributed by atoms with Crippen LogP contribution in [0.25, 0.3) is 0 Å². The minimum atomic E-state index is 0.295. The summed E-state index contributed by atoms with van der Waals surface area (Å²) in [4.78, 5) is 20.1. The van der Waals surface area contributed by atoms with Gasteiger partial charge in [-0.1, -0.05) is 24.2 Å². The second-order valence-electron chi connectivity index (χ2n) is 6.00. The molecule has 0 amide bonds. The van der Waals surface area contributed by atoms with Gasteiger partial charge >= 0.3 is 0 Å². The van der Waals surface area contributed by atoms with E-state index in [9.17, 15) is 4.79 Å². The second-order valence-corrected chi connectivity index (χ2v) is 6.98. The summed E-state index contributed by atoms with van der Waals surface area (Å²) in [5, 5.41) is 1.06. The largest absolute Gasteiger partial charge is 0.374 e. The number of aromatic nitrogens is 1. The summed E-state index contributed by atoms with van der Waals surface area (Å²) in [7, 11) is 0. The van der Waals surface area contributed by atoms with E-state index >= 15 is 0 Å². The summed E-state index contributed by atoms with van der Waals surface area (Å²) < 4.78 is 5.93. The molecular weight excluding hydrogens is 272 g/mol. The fraction of sp³-hybridized carbons (Fsp3) is 0.733. The van der Waals surface area contributed by atoms with Gasteiger partial charge in [-0.15, -0.1) is 0 Å². The number of fused-ring (bicyclic) bond motifs is 2. The molecule has 2 atom stereocenters. The molecule has 0 spiro atoms. The number of morpholine rings is 1. The van der Waals surface area contributed by atoms with Gasteiger partial charge in [0.15, 0.2) is 10.9 Å². The maximum Gasteiger partial charge on any atom is 0.186 e. The van der Waals surface area contributed by atoms with Crippen molar-refractivity contribution in [3.05, 3.63) is 10.6 Å². The predicted molar refractivity (Wildman–Crippen MR) is 78.7 cm³/mol. The molecule has 0 bridgehead atoms. The van der Waals surface area contributed by atoms with Gasteiger partial charge in [0.25, 0.3) is 0 Å². The van der Waals surface area contributed by atoms with E-state index in [4.69, 9.17) is 9.72 Å². The number of hydrogen-bond acceptors (Lipinski definition) is 5. The number of carbonyl (C=O) groups is 1. The SMILES string of the molecule is O=C1CCCc2nc(N3CCOC4CCCCC43)sc21. The van der Waals surface area contributed by atoms with Crippen LogP contribution in [-0.2, 0) is 11.2 Å². The number of Topliss-reactive ketones (excluding diaryl/α,β-unsaturated/α-hetero) is 1. The zero-order chi connectivity index (χ0) is 13.5. The lowest BCUT2D eigenvalue weighted by atomic mass is 9.90. The third-order valence-electron chi connectivity index (χ3n) is 4.73. The van der Waals surface area contributed by atoms with Gasteiger partial charge in [0.2, 0.25) is 0 Å². The molecule has 1 aliphatic heterocycles. The molecule has 2 aliphatic carbocycles. The van der Waals surface area contributed by atoms with Crippen LogP contribution in [-0.4, -0.2) is 36.1 Å². The molecule has 1 aromatic rings. The Kier molecular flexibility index (Phi) is 3.27. The van der Waals surface area contributed by atoms with E-state index in [2.05, 4.69) is 4.90 Å². The third kappa shape index (κ3) is 2.07. The van der Waals surface area contributed by atoms with Crippen molar-refractivity contribution in [3.63, 3.8) is 0 Å². The summed E-state index contributed by atoms with van der Waals surface area (Å²) in [5.74, 6) is 0.295. The Hall–Kier alpha value is -0.940. The van der Waals surface area contributed by atoms with Crippen molar-refractivity contribution in [2.24, 2.45) is 0 Å². The molecule has 2 fully saturated rings. The average molecular weight is 292 g/mol. The van der Waals surface area contributed by atoms with Crippen LogP contribution in [0.3, 0.4) is 0 Å². The number of ketones is 1. The highest BCUT2D eigenvalue weighted by Gasteiger charge is 2.36. The zero-order valence-electron chi connectivity index (χ0n) is 11.6. The average Bonchev–Trinajstić information content (AvgIpc) is 2.92. The molecule has 0 radical (unpaired) electrons. The Morgan fingerprint density at radius 3 is 3.00 bits per heavy atom. The summed E-state index contributed by atoms with van der Waals surface area (Å²) >= 11 is 1.62. The number of anilines is 1. The lowest BCUT2D eigenvalue weighted by Crippen LogP contribution is -2.52. The number of aryl methyl sites for hydroxylation is 1. The molecule has 1 saturated heterocycles. The van der Waals surface area contributed by atoms with Gasteiger partial charge in [0.05, 0.1) is 29.3 Å². The quantitative estimate of drug-likeness (QED) is 0.798. The first-order chi connectivity index (χ1) is 9.83. The molecule has 5 heteroatoms. The normalized spacial score (nSPS) is 30.0. The Bertz CT molecular complexity index is 526. The van der Waals surface area contributed by atoms with Crippen LogP contribution in [0.4, 0.5) is 5.13 Å². The van der Waals surface area contributed by atoms with Crippen LogP contribution in [0.2, 0.25) is 0 Å². The molecule has 20 heavy (non-hydrogen) atoms. The molecule has 4 rings (SSSR count). The number of thiazole rings is 1. The molecule has 3 aliphatic rings. The Morgan fingerprint density at radius 1 is 1.20 bits per heavy atom. The van der Waals surface area contributed by atoms with E-state index in [1.807, 2.05) is 0 Å². The lowest BCUT2D eigenvalue weighted by Gasteiger charge is -2.43. The van der Waals surface area contributed by atoms with Crippen molar-refractivity contribution >= 4 is 22.3 Å². The van der Waals surface area contributed by atoms with Crippen LogP contribution in [0.15, 0.2) is 0 Å². The number of ether oxygens (including phenoxy) is 1. The van der Waals surface area contributed by atoms with Gasteiger partial charge in [-0.05, 0) is 25.7 Å². The van der Waals surface area contributed by atoms with Crippen molar-refractivity contribution in [3.8, 4) is 0 Å². The van der Waals surface area contributed by atoms with Gasteiger partial charge in [-0.3, -0.25) is 4.79 Å². The van der Waals surface area contributed by atoms with Crippen molar-refractivity contribution in [1.29, 1.82) is 0 Å². The first-order valence-electron chi connectivity index (χ1n) is 7.74. The summed E-state index contributed by atoms with van der Waals surface area (Å²) in [6.45, 7) is 1.71. The van der Waals surface area contributed by atoms with Crippen molar-refractivity contribution in [2.45, 2.75) is 57.1 Å². The standard InChI is InChI=1S/C15H20N2O2S/c18-12-6-3-4-10-14(12)20-15(16-10)17-8-9-19-13-7-2-1-5-11(13)17/h11,13H,1-9H2. The molecular formula is C15H20N2O2S. The van der Waals surface area contributed by atoms with E-state index in [1.165, 1.54) is 25.7 Å². The topological polar surface area (TPSA) is 42.4 Å². The first-order valence-corrected chi connectivity index (χ1v) is 8.56. The van der Waals surface area contributed by atoms with Crippen LogP contribution >= 0.6 is 11.3 Å². The van der Waals surface area contributed by atoms with Crippen LogP contribution in [0.5, 0.6) is 0 Å². The highest BCUT2D eigenvalue weighted by molar-refractivity contribution is 7.17. The van der Waals surface area contributed by atoms with Crippen LogP contribution in [0.1, 0.15) is 53.9 Å². The minimum Gasteiger partial charge on any atom is -0.374 e. The first kappa shape index (κ1) is 12.8. The minimum absolute atomic E-state index is 0.295. The van der Waals surface area contributed by atoms with Crippen LogP contribution < -0.4 is 4.90 Å². The number of hydrogen-bond donors (Lipinski definition) is 0. The van der Waals surface area contributed by atoms with Gasteiger partial charge in [0, 0.05) is 13.0 Å².